The van der Waals surface area contributed by atoms with Crippen molar-refractivity contribution in [1.29, 1.82) is 0 Å². The van der Waals surface area contributed by atoms with Crippen molar-refractivity contribution in [1.82, 2.24) is 15.1 Å². The van der Waals surface area contributed by atoms with Crippen LogP contribution in [0.5, 0.6) is 0 Å². The van der Waals surface area contributed by atoms with Crippen LogP contribution in [0.1, 0.15) is 38.8 Å². The van der Waals surface area contributed by atoms with Crippen LogP contribution in [0.4, 0.5) is 0 Å². The Morgan fingerprint density at radius 3 is 2.71 bits per heavy atom. The van der Waals surface area contributed by atoms with Crippen molar-refractivity contribution in [3.63, 3.8) is 0 Å². The molecule has 0 spiro atoms. The molecule has 1 rings (SSSR count). The molecule has 1 N–H and O–H groups in total. The van der Waals surface area contributed by atoms with E-state index >= 15 is 0 Å². The average Bonchev–Trinajstić information content (AvgIpc) is 2.61. The first kappa shape index (κ1) is 14.6. The van der Waals surface area contributed by atoms with E-state index in [1.807, 2.05) is 30.4 Å². The largest absolute Gasteiger partial charge is 0.313 e. The molecule has 0 amide bonds. The lowest BCUT2D eigenvalue weighted by Crippen LogP contribution is -2.31. The molecule has 1 aromatic heterocycles. The van der Waals surface area contributed by atoms with Gasteiger partial charge >= 0.3 is 0 Å². The number of aromatic nitrogens is 2. The quantitative estimate of drug-likeness (QED) is 0.724. The van der Waals surface area contributed by atoms with Crippen LogP contribution in [0.25, 0.3) is 0 Å². The molecule has 0 aliphatic rings. The van der Waals surface area contributed by atoms with E-state index in [9.17, 15) is 0 Å². The molecule has 17 heavy (non-hydrogen) atoms. The lowest BCUT2D eigenvalue weighted by Gasteiger charge is -2.17. The highest BCUT2D eigenvalue weighted by atomic mass is 32.2. The first-order valence-electron chi connectivity index (χ1n) is 6.54. The maximum Gasteiger partial charge on any atom is 0.0939 e. The van der Waals surface area contributed by atoms with Crippen molar-refractivity contribution in [3.05, 3.63) is 11.8 Å². The van der Waals surface area contributed by atoms with E-state index in [2.05, 4.69) is 30.3 Å². The molecule has 1 unspecified atom stereocenters. The van der Waals surface area contributed by atoms with E-state index in [0.29, 0.717) is 6.04 Å². The van der Waals surface area contributed by atoms with Crippen LogP contribution >= 0.6 is 11.8 Å². The van der Waals surface area contributed by atoms with Crippen LogP contribution in [0.2, 0.25) is 0 Å². The molecule has 1 aromatic rings. The van der Waals surface area contributed by atoms with Gasteiger partial charge in [-0.1, -0.05) is 20.3 Å². The zero-order chi connectivity index (χ0) is 12.7. The number of rotatable bonds is 8. The van der Waals surface area contributed by atoms with E-state index in [1.54, 1.807) is 0 Å². The van der Waals surface area contributed by atoms with Crippen molar-refractivity contribution in [2.24, 2.45) is 7.05 Å². The summed E-state index contributed by atoms with van der Waals surface area (Å²) >= 11 is 1.90. The highest BCUT2D eigenvalue weighted by Crippen LogP contribution is 2.20. The van der Waals surface area contributed by atoms with E-state index in [0.717, 1.165) is 18.0 Å². The summed E-state index contributed by atoms with van der Waals surface area (Å²) in [5.41, 5.74) is 1.10. The van der Waals surface area contributed by atoms with Crippen molar-refractivity contribution in [3.8, 4) is 0 Å². The Hall–Kier alpha value is -0.480. The molecule has 0 fully saturated rings. The minimum atomic E-state index is 0.625. The van der Waals surface area contributed by atoms with Gasteiger partial charge in [-0.3, -0.25) is 4.68 Å². The molecular weight excluding hydrogens is 230 g/mol. The van der Waals surface area contributed by atoms with Crippen molar-refractivity contribution >= 4 is 11.8 Å². The molecule has 0 aliphatic heterocycles. The summed E-state index contributed by atoms with van der Waals surface area (Å²) in [6, 6.07) is 2.79. The molecule has 0 aliphatic carbocycles. The summed E-state index contributed by atoms with van der Waals surface area (Å²) in [4.78, 5) is 0. The summed E-state index contributed by atoms with van der Waals surface area (Å²) in [5.74, 6) is 1.13. The Morgan fingerprint density at radius 1 is 1.41 bits per heavy atom. The SMILES string of the molecule is CCCNC(CCC)CSc1cc(C)nn1C. The number of aryl methyl sites for hydroxylation is 2. The number of hydrogen-bond acceptors (Lipinski definition) is 3. The van der Waals surface area contributed by atoms with E-state index in [4.69, 9.17) is 0 Å². The molecule has 0 saturated carbocycles. The molecule has 3 nitrogen and oxygen atoms in total. The van der Waals surface area contributed by atoms with Gasteiger partial charge < -0.3 is 5.32 Å². The zero-order valence-electron chi connectivity index (χ0n) is 11.5. The minimum absolute atomic E-state index is 0.625. The van der Waals surface area contributed by atoms with Crippen LogP contribution in [0, 0.1) is 6.92 Å². The number of nitrogens with one attached hydrogen (secondary N) is 1. The van der Waals surface area contributed by atoms with Crippen molar-refractivity contribution in [2.45, 2.75) is 51.1 Å². The average molecular weight is 255 g/mol. The van der Waals surface area contributed by atoms with Crippen LogP contribution in [0.15, 0.2) is 11.1 Å². The van der Waals surface area contributed by atoms with E-state index in [-0.39, 0.29) is 0 Å². The Morgan fingerprint density at radius 2 is 2.18 bits per heavy atom. The van der Waals surface area contributed by atoms with Crippen LogP contribution in [0.3, 0.4) is 0 Å². The van der Waals surface area contributed by atoms with Crippen molar-refractivity contribution < 1.29 is 0 Å². The van der Waals surface area contributed by atoms with Gasteiger partial charge in [-0.15, -0.1) is 11.8 Å². The third-order valence-corrected chi connectivity index (χ3v) is 3.96. The molecule has 1 atom stereocenters. The third-order valence-electron chi connectivity index (χ3n) is 2.71. The second-order valence-electron chi connectivity index (χ2n) is 4.50. The highest BCUT2D eigenvalue weighted by molar-refractivity contribution is 7.99. The fourth-order valence-electron chi connectivity index (χ4n) is 1.85. The predicted octanol–water partition coefficient (Wildman–Crippen LogP) is 2.99. The van der Waals surface area contributed by atoms with Crippen molar-refractivity contribution in [2.75, 3.05) is 12.3 Å². The second kappa shape index (κ2) is 7.77. The van der Waals surface area contributed by atoms with Gasteiger partial charge in [0.05, 0.1) is 10.7 Å². The third kappa shape index (κ3) is 5.13. The maximum atomic E-state index is 4.37. The molecule has 1 heterocycles. The first-order valence-corrected chi connectivity index (χ1v) is 7.52. The lowest BCUT2D eigenvalue weighted by molar-refractivity contribution is 0.514. The van der Waals surface area contributed by atoms with Gasteiger partial charge in [0.2, 0.25) is 0 Å². The summed E-state index contributed by atoms with van der Waals surface area (Å²) in [6.07, 6.45) is 3.70. The molecule has 98 valence electrons. The fraction of sp³-hybridized carbons (Fsp3) is 0.769. The Kier molecular flexibility index (Phi) is 6.66. The van der Waals surface area contributed by atoms with Gasteiger partial charge in [-0.05, 0) is 32.4 Å². The lowest BCUT2D eigenvalue weighted by atomic mass is 10.2. The van der Waals surface area contributed by atoms with Crippen LogP contribution in [-0.4, -0.2) is 28.1 Å². The Balaban J connectivity index is 2.42. The first-order chi connectivity index (χ1) is 8.17. The molecule has 0 radical (unpaired) electrons. The molecule has 0 bridgehead atoms. The fourth-order valence-corrected chi connectivity index (χ4v) is 2.99. The number of thioether (sulfide) groups is 1. The minimum Gasteiger partial charge on any atom is -0.313 e. The monoisotopic (exact) mass is 255 g/mol. The highest BCUT2D eigenvalue weighted by Gasteiger charge is 2.09. The summed E-state index contributed by atoms with van der Waals surface area (Å²) in [6.45, 7) is 7.63. The Bertz CT molecular complexity index is 322. The standard InChI is InChI=1S/C13H25N3S/c1-5-7-12(14-8-6-2)10-17-13-9-11(3)15-16(13)4/h9,12,14H,5-8,10H2,1-4H3. The van der Waals surface area contributed by atoms with E-state index < -0.39 is 0 Å². The Labute approximate surface area is 109 Å². The van der Waals surface area contributed by atoms with Gasteiger partial charge in [0.25, 0.3) is 0 Å². The number of hydrogen-bond donors (Lipinski definition) is 1. The van der Waals surface area contributed by atoms with Gasteiger partial charge in [0.1, 0.15) is 0 Å². The van der Waals surface area contributed by atoms with Gasteiger partial charge in [-0.2, -0.15) is 5.10 Å². The zero-order valence-corrected chi connectivity index (χ0v) is 12.3. The summed E-state index contributed by atoms with van der Waals surface area (Å²) in [5, 5.41) is 9.25. The molecule has 0 aromatic carbocycles. The number of nitrogens with zero attached hydrogens (tertiary/aromatic N) is 2. The van der Waals surface area contributed by atoms with Gasteiger partial charge in [-0.25, -0.2) is 0 Å². The van der Waals surface area contributed by atoms with Crippen LogP contribution in [-0.2, 0) is 7.05 Å². The predicted molar refractivity (Wildman–Crippen MR) is 75.7 cm³/mol. The molecular formula is C13H25N3S. The summed E-state index contributed by atoms with van der Waals surface area (Å²) in [7, 11) is 2.02. The summed E-state index contributed by atoms with van der Waals surface area (Å²) < 4.78 is 1.98. The normalized spacial score (nSPS) is 12.9. The maximum absolute atomic E-state index is 4.37. The smallest absolute Gasteiger partial charge is 0.0939 e. The van der Waals surface area contributed by atoms with Gasteiger partial charge in [0.15, 0.2) is 0 Å². The second-order valence-corrected chi connectivity index (χ2v) is 5.54. The van der Waals surface area contributed by atoms with Crippen LogP contribution < -0.4 is 5.32 Å². The molecule has 4 heteroatoms. The van der Waals surface area contributed by atoms with Gasteiger partial charge in [0, 0.05) is 18.8 Å². The molecule has 0 saturated heterocycles. The topological polar surface area (TPSA) is 29.9 Å². The van der Waals surface area contributed by atoms with E-state index in [1.165, 1.54) is 24.3 Å².